The van der Waals surface area contributed by atoms with Gasteiger partial charge in [0.1, 0.15) is 35.2 Å². The highest BCUT2D eigenvalue weighted by Gasteiger charge is 2.48. The molecule has 2 atom stereocenters. The van der Waals surface area contributed by atoms with E-state index < -0.39 is 17.6 Å². The maximum absolute atomic E-state index is 14.1. The van der Waals surface area contributed by atoms with Crippen LogP contribution in [0.4, 0.5) is 4.39 Å². The number of imidazole rings is 1. The molecule has 1 aliphatic heterocycles. The summed E-state index contributed by atoms with van der Waals surface area (Å²) in [5.74, 6) is -0.199. The van der Waals surface area contributed by atoms with Gasteiger partial charge in [-0.15, -0.1) is 0 Å². The lowest BCUT2D eigenvalue weighted by atomic mass is 10.2. The molecule has 0 spiro atoms. The quantitative estimate of drug-likeness (QED) is 0.552. The molecule has 2 unspecified atom stereocenters. The predicted molar refractivity (Wildman–Crippen MR) is 102 cm³/mol. The number of aromatic nitrogens is 5. The Morgan fingerprint density at radius 2 is 2.10 bits per heavy atom. The first-order chi connectivity index (χ1) is 14.4. The standard InChI is InChI=1S/C20H18FN5O4/c1-10-2-5-14(29-10)26-13-8-11(21)3-4-12(13)25-9-22-15(16(25)18(26)27)17-23-19(30-24-17)20(28)6-7-20/h3-4,8-10,14,28H,2,5-7H2,1H3. The zero-order valence-electron chi connectivity index (χ0n) is 16.1. The SMILES string of the molecule is CC1CCC(n2c(=O)c3c(-c4noc(C5(O)CC5)n4)ncn3c3ccc(F)cc32)O1. The van der Waals surface area contributed by atoms with Gasteiger partial charge in [-0.05, 0) is 50.8 Å². The topological polar surface area (TPSA) is 108 Å². The third-order valence-electron chi connectivity index (χ3n) is 5.90. The molecule has 1 saturated heterocycles. The van der Waals surface area contributed by atoms with Crippen molar-refractivity contribution in [3.05, 3.63) is 46.6 Å². The number of rotatable bonds is 3. The molecule has 154 valence electrons. The molecule has 3 aromatic heterocycles. The van der Waals surface area contributed by atoms with Gasteiger partial charge in [-0.3, -0.25) is 13.8 Å². The normalized spacial score (nSPS) is 22.9. The molecule has 0 radical (unpaired) electrons. The van der Waals surface area contributed by atoms with E-state index in [1.807, 2.05) is 6.92 Å². The van der Waals surface area contributed by atoms with E-state index in [0.717, 1.165) is 6.42 Å². The summed E-state index contributed by atoms with van der Waals surface area (Å²) in [4.78, 5) is 22.2. The van der Waals surface area contributed by atoms with Gasteiger partial charge < -0.3 is 14.4 Å². The molecule has 10 heteroatoms. The zero-order chi connectivity index (χ0) is 20.6. The Kier molecular flexibility index (Phi) is 3.52. The first-order valence-electron chi connectivity index (χ1n) is 9.88. The highest BCUT2D eigenvalue weighted by atomic mass is 19.1. The summed E-state index contributed by atoms with van der Waals surface area (Å²) in [6.07, 6.45) is 3.54. The number of ether oxygens (including phenoxy) is 1. The van der Waals surface area contributed by atoms with Gasteiger partial charge >= 0.3 is 0 Å². The Morgan fingerprint density at radius 1 is 1.27 bits per heavy atom. The second-order valence-corrected chi connectivity index (χ2v) is 8.05. The lowest BCUT2D eigenvalue weighted by Gasteiger charge is -2.18. The molecule has 1 saturated carbocycles. The van der Waals surface area contributed by atoms with Crippen molar-refractivity contribution < 1.29 is 18.8 Å². The molecule has 1 aromatic carbocycles. The van der Waals surface area contributed by atoms with Crippen LogP contribution in [-0.4, -0.2) is 35.3 Å². The van der Waals surface area contributed by atoms with Gasteiger partial charge in [-0.25, -0.2) is 9.37 Å². The molecule has 0 amide bonds. The zero-order valence-corrected chi connectivity index (χ0v) is 16.1. The first kappa shape index (κ1) is 17.7. The van der Waals surface area contributed by atoms with Gasteiger partial charge in [0.15, 0.2) is 0 Å². The van der Waals surface area contributed by atoms with Crippen molar-refractivity contribution in [2.45, 2.75) is 50.5 Å². The summed E-state index contributed by atoms with van der Waals surface area (Å²) >= 11 is 0. The second-order valence-electron chi connectivity index (χ2n) is 8.05. The molecular weight excluding hydrogens is 393 g/mol. The van der Waals surface area contributed by atoms with Gasteiger partial charge in [0, 0.05) is 0 Å². The maximum Gasteiger partial charge on any atom is 0.279 e. The van der Waals surface area contributed by atoms with E-state index in [-0.39, 0.29) is 34.6 Å². The van der Waals surface area contributed by atoms with E-state index in [2.05, 4.69) is 15.1 Å². The van der Waals surface area contributed by atoms with E-state index >= 15 is 0 Å². The third-order valence-corrected chi connectivity index (χ3v) is 5.90. The Morgan fingerprint density at radius 3 is 2.83 bits per heavy atom. The molecule has 1 aliphatic carbocycles. The van der Waals surface area contributed by atoms with Crippen LogP contribution in [0.3, 0.4) is 0 Å². The smallest absolute Gasteiger partial charge is 0.279 e. The number of hydrogen-bond donors (Lipinski definition) is 1. The summed E-state index contributed by atoms with van der Waals surface area (Å²) in [7, 11) is 0. The third kappa shape index (κ3) is 2.47. The van der Waals surface area contributed by atoms with Crippen molar-refractivity contribution in [1.29, 1.82) is 0 Å². The molecule has 4 aromatic rings. The summed E-state index contributed by atoms with van der Waals surface area (Å²) in [5, 5.41) is 14.1. The largest absolute Gasteiger partial charge is 0.380 e. The lowest BCUT2D eigenvalue weighted by molar-refractivity contribution is 0.0118. The maximum atomic E-state index is 14.1. The predicted octanol–water partition coefficient (Wildman–Crippen LogP) is 2.52. The number of aliphatic hydroxyl groups is 1. The minimum Gasteiger partial charge on any atom is -0.380 e. The Balaban J connectivity index is 1.63. The number of hydrogen-bond acceptors (Lipinski definition) is 7. The highest BCUT2D eigenvalue weighted by molar-refractivity contribution is 5.83. The average molecular weight is 411 g/mol. The van der Waals surface area contributed by atoms with Crippen molar-refractivity contribution in [1.82, 2.24) is 24.1 Å². The van der Waals surface area contributed by atoms with Crippen LogP contribution in [0.2, 0.25) is 0 Å². The Labute approximate surface area is 168 Å². The van der Waals surface area contributed by atoms with Crippen molar-refractivity contribution in [3.8, 4) is 11.5 Å². The van der Waals surface area contributed by atoms with Crippen LogP contribution >= 0.6 is 0 Å². The van der Waals surface area contributed by atoms with E-state index in [4.69, 9.17) is 9.26 Å². The van der Waals surface area contributed by atoms with Crippen LogP contribution in [0.25, 0.3) is 28.1 Å². The van der Waals surface area contributed by atoms with Crippen molar-refractivity contribution in [2.75, 3.05) is 0 Å². The highest BCUT2D eigenvalue weighted by Crippen LogP contribution is 2.44. The van der Waals surface area contributed by atoms with Gasteiger partial charge in [-0.2, -0.15) is 4.98 Å². The number of halogens is 1. The second kappa shape index (κ2) is 5.96. The minimum atomic E-state index is -1.08. The van der Waals surface area contributed by atoms with Crippen molar-refractivity contribution in [2.24, 2.45) is 0 Å². The molecule has 9 nitrogen and oxygen atoms in total. The molecule has 30 heavy (non-hydrogen) atoms. The number of fused-ring (bicyclic) bond motifs is 3. The summed E-state index contributed by atoms with van der Waals surface area (Å²) in [6, 6.07) is 4.27. The van der Waals surface area contributed by atoms with Crippen molar-refractivity contribution >= 4 is 16.6 Å². The van der Waals surface area contributed by atoms with E-state index in [1.54, 1.807) is 10.5 Å². The van der Waals surface area contributed by atoms with Crippen LogP contribution in [0.5, 0.6) is 0 Å². The molecule has 2 fully saturated rings. The molecule has 1 N–H and O–H groups in total. The van der Waals surface area contributed by atoms with Crippen LogP contribution < -0.4 is 5.56 Å². The lowest BCUT2D eigenvalue weighted by Crippen LogP contribution is -2.27. The molecule has 4 heterocycles. The van der Waals surface area contributed by atoms with Gasteiger partial charge in [0.05, 0.1) is 17.1 Å². The molecular formula is C20H18FN5O4. The number of nitrogens with zero attached hydrogens (tertiary/aromatic N) is 5. The monoisotopic (exact) mass is 411 g/mol. The average Bonchev–Trinajstić information content (AvgIpc) is 3.14. The fourth-order valence-electron chi connectivity index (χ4n) is 4.11. The van der Waals surface area contributed by atoms with Crippen LogP contribution in [0.15, 0.2) is 33.8 Å². The van der Waals surface area contributed by atoms with Crippen LogP contribution in [0.1, 0.15) is 44.7 Å². The summed E-state index contributed by atoms with van der Waals surface area (Å²) in [5.41, 5.74) is 0.0573. The van der Waals surface area contributed by atoms with E-state index in [1.165, 1.54) is 23.0 Å². The van der Waals surface area contributed by atoms with Crippen molar-refractivity contribution in [3.63, 3.8) is 0 Å². The summed E-state index contributed by atoms with van der Waals surface area (Å²) in [6.45, 7) is 1.94. The van der Waals surface area contributed by atoms with E-state index in [9.17, 15) is 14.3 Å². The first-order valence-corrected chi connectivity index (χ1v) is 9.88. The van der Waals surface area contributed by atoms with Gasteiger partial charge in [-0.1, -0.05) is 5.16 Å². The summed E-state index contributed by atoms with van der Waals surface area (Å²) < 4.78 is 28.3. The fraction of sp³-hybridized carbons (Fsp3) is 0.400. The molecule has 0 bridgehead atoms. The Bertz CT molecular complexity index is 1370. The van der Waals surface area contributed by atoms with Crippen LogP contribution in [0, 0.1) is 5.82 Å². The van der Waals surface area contributed by atoms with E-state index in [0.29, 0.717) is 30.3 Å². The fourth-order valence-corrected chi connectivity index (χ4v) is 4.11. The molecule has 6 rings (SSSR count). The van der Waals surface area contributed by atoms with Gasteiger partial charge in [0.25, 0.3) is 11.4 Å². The Hall–Kier alpha value is -3.11. The van der Waals surface area contributed by atoms with Gasteiger partial charge in [0.2, 0.25) is 5.82 Å². The minimum absolute atomic E-state index is 0.00478. The molecule has 2 aliphatic rings. The number of benzene rings is 1. The van der Waals surface area contributed by atoms with Crippen LogP contribution in [-0.2, 0) is 10.3 Å².